The number of rotatable bonds is 3. The normalized spacial score (nSPS) is 10.2. The molecule has 0 fully saturated rings. The molecule has 2 rings (SSSR count). The van der Waals surface area contributed by atoms with E-state index in [1.54, 1.807) is 23.9 Å². The number of ether oxygens (including phenoxy) is 1. The highest BCUT2D eigenvalue weighted by Gasteiger charge is 2.08. The van der Waals surface area contributed by atoms with Crippen LogP contribution in [0.1, 0.15) is 10.4 Å². The number of thioether (sulfide) groups is 1. The maximum absolute atomic E-state index is 11.3. The minimum atomic E-state index is -0.340. The number of carbonyl (C=O) groups is 1. The molecular formula is C11H10N2O2S2. The highest BCUT2D eigenvalue weighted by Crippen LogP contribution is 2.23. The maximum Gasteiger partial charge on any atom is 0.337 e. The van der Waals surface area contributed by atoms with Gasteiger partial charge in [0.25, 0.3) is 0 Å². The summed E-state index contributed by atoms with van der Waals surface area (Å²) in [5.41, 5.74) is 1.42. The van der Waals surface area contributed by atoms with Gasteiger partial charge in [0.1, 0.15) is 0 Å². The van der Waals surface area contributed by atoms with Gasteiger partial charge in [0.05, 0.1) is 12.7 Å². The third-order valence-electron chi connectivity index (χ3n) is 2.15. The van der Waals surface area contributed by atoms with E-state index in [4.69, 9.17) is 0 Å². The summed E-state index contributed by atoms with van der Waals surface area (Å²) in [5.74, 6) is 0.350. The van der Waals surface area contributed by atoms with E-state index in [1.807, 2.05) is 18.4 Å². The first-order valence-electron chi connectivity index (χ1n) is 4.81. The fourth-order valence-corrected chi connectivity index (χ4v) is 2.31. The lowest BCUT2D eigenvalue weighted by Crippen LogP contribution is -2.00. The first-order valence-corrected chi connectivity index (χ1v) is 6.81. The zero-order valence-electron chi connectivity index (χ0n) is 9.34. The van der Waals surface area contributed by atoms with Crippen LogP contribution in [-0.4, -0.2) is 28.7 Å². The van der Waals surface area contributed by atoms with Gasteiger partial charge in [-0.15, -0.1) is 0 Å². The second kappa shape index (κ2) is 5.29. The minimum Gasteiger partial charge on any atom is -0.465 e. The van der Waals surface area contributed by atoms with Gasteiger partial charge >= 0.3 is 5.97 Å². The number of hydrogen-bond donors (Lipinski definition) is 0. The zero-order chi connectivity index (χ0) is 12.3. The van der Waals surface area contributed by atoms with Crippen molar-refractivity contribution in [3.63, 3.8) is 0 Å². The van der Waals surface area contributed by atoms with Crippen molar-refractivity contribution in [1.82, 2.24) is 9.36 Å². The maximum atomic E-state index is 11.3. The monoisotopic (exact) mass is 266 g/mol. The lowest BCUT2D eigenvalue weighted by Gasteiger charge is -1.99. The van der Waals surface area contributed by atoms with Crippen molar-refractivity contribution in [2.24, 2.45) is 0 Å². The molecule has 0 spiro atoms. The van der Waals surface area contributed by atoms with Crippen LogP contribution in [-0.2, 0) is 4.74 Å². The topological polar surface area (TPSA) is 52.1 Å². The summed E-state index contributed by atoms with van der Waals surface area (Å²) in [6.45, 7) is 0. The van der Waals surface area contributed by atoms with Crippen LogP contribution >= 0.6 is 23.3 Å². The Labute approximate surface area is 107 Å². The molecule has 2 aromatic rings. The Bertz CT molecular complexity index is 523. The summed E-state index contributed by atoms with van der Waals surface area (Å²) in [5, 5.41) is 0. The molecule has 0 atom stereocenters. The van der Waals surface area contributed by atoms with Gasteiger partial charge < -0.3 is 4.74 Å². The van der Waals surface area contributed by atoms with Gasteiger partial charge in [-0.2, -0.15) is 4.37 Å². The van der Waals surface area contributed by atoms with Crippen molar-refractivity contribution < 1.29 is 9.53 Å². The number of esters is 1. The molecule has 0 aliphatic rings. The largest absolute Gasteiger partial charge is 0.465 e. The van der Waals surface area contributed by atoms with Crippen LogP contribution in [0.3, 0.4) is 0 Å². The molecule has 0 N–H and O–H groups in total. The van der Waals surface area contributed by atoms with Gasteiger partial charge in [-0.05, 0) is 29.9 Å². The van der Waals surface area contributed by atoms with Crippen LogP contribution in [0.2, 0.25) is 0 Å². The van der Waals surface area contributed by atoms with Crippen molar-refractivity contribution in [1.29, 1.82) is 0 Å². The van der Waals surface area contributed by atoms with Crippen molar-refractivity contribution in [3.05, 3.63) is 29.8 Å². The average Bonchev–Trinajstić information content (AvgIpc) is 2.87. The van der Waals surface area contributed by atoms with Crippen molar-refractivity contribution in [2.45, 2.75) is 4.34 Å². The molecule has 1 heterocycles. The number of nitrogens with zero attached hydrogens (tertiary/aromatic N) is 2. The smallest absolute Gasteiger partial charge is 0.337 e. The minimum absolute atomic E-state index is 0.340. The predicted octanol–water partition coefficient (Wildman–Crippen LogP) is 2.71. The standard InChI is InChI=1S/C11H10N2O2S2/c1-15-10(14)8-5-3-7(4-6-8)9-12-11(16-2)17-13-9/h3-6H,1-2H3. The van der Waals surface area contributed by atoms with Crippen LogP contribution in [0.25, 0.3) is 11.4 Å². The van der Waals surface area contributed by atoms with E-state index in [2.05, 4.69) is 14.1 Å². The van der Waals surface area contributed by atoms with Crippen molar-refractivity contribution in [2.75, 3.05) is 13.4 Å². The van der Waals surface area contributed by atoms with Crippen LogP contribution in [0.5, 0.6) is 0 Å². The Morgan fingerprint density at radius 1 is 1.35 bits per heavy atom. The van der Waals surface area contributed by atoms with Gasteiger partial charge in [-0.1, -0.05) is 23.9 Å². The Balaban J connectivity index is 2.25. The molecule has 0 saturated carbocycles. The van der Waals surface area contributed by atoms with Crippen LogP contribution in [0, 0.1) is 0 Å². The summed E-state index contributed by atoms with van der Waals surface area (Å²) >= 11 is 2.94. The third-order valence-corrected chi connectivity index (χ3v) is 3.82. The molecule has 1 aromatic carbocycles. The van der Waals surface area contributed by atoms with E-state index in [9.17, 15) is 4.79 Å². The molecule has 0 radical (unpaired) electrons. The molecule has 0 unspecified atom stereocenters. The van der Waals surface area contributed by atoms with Gasteiger partial charge in [-0.25, -0.2) is 9.78 Å². The molecular weight excluding hydrogens is 256 g/mol. The lowest BCUT2D eigenvalue weighted by atomic mass is 10.1. The predicted molar refractivity (Wildman–Crippen MR) is 68.5 cm³/mol. The lowest BCUT2D eigenvalue weighted by molar-refractivity contribution is 0.0601. The van der Waals surface area contributed by atoms with Crippen molar-refractivity contribution >= 4 is 29.3 Å². The number of aromatic nitrogens is 2. The second-order valence-corrected chi connectivity index (χ2v) is 4.96. The molecule has 0 amide bonds. The molecule has 0 aliphatic carbocycles. The highest BCUT2D eigenvalue weighted by molar-refractivity contribution is 8.00. The second-order valence-electron chi connectivity index (χ2n) is 3.16. The number of carbonyl (C=O) groups excluding carboxylic acids is 1. The molecule has 0 saturated heterocycles. The first-order chi connectivity index (χ1) is 8.24. The molecule has 1 aromatic heterocycles. The molecule has 0 bridgehead atoms. The fraction of sp³-hybridized carbons (Fsp3) is 0.182. The number of benzene rings is 1. The summed E-state index contributed by atoms with van der Waals surface area (Å²) in [7, 11) is 1.36. The Morgan fingerprint density at radius 2 is 2.06 bits per heavy atom. The Hall–Kier alpha value is -1.40. The summed E-state index contributed by atoms with van der Waals surface area (Å²) in [6, 6.07) is 7.05. The highest BCUT2D eigenvalue weighted by atomic mass is 32.2. The summed E-state index contributed by atoms with van der Waals surface area (Å²) < 4.78 is 9.81. The third kappa shape index (κ3) is 2.65. The number of hydrogen-bond acceptors (Lipinski definition) is 6. The van der Waals surface area contributed by atoms with Gasteiger partial charge in [0.2, 0.25) is 0 Å². The molecule has 17 heavy (non-hydrogen) atoms. The van der Waals surface area contributed by atoms with E-state index < -0.39 is 0 Å². The molecule has 6 heteroatoms. The Kier molecular flexibility index (Phi) is 3.75. The van der Waals surface area contributed by atoms with E-state index in [0.29, 0.717) is 11.4 Å². The van der Waals surface area contributed by atoms with Crippen LogP contribution in [0.15, 0.2) is 28.6 Å². The summed E-state index contributed by atoms with van der Waals surface area (Å²) in [6.07, 6.45) is 1.96. The SMILES string of the molecule is COC(=O)c1ccc(-c2nsc(SC)n2)cc1. The van der Waals surface area contributed by atoms with E-state index in [-0.39, 0.29) is 5.97 Å². The fourth-order valence-electron chi connectivity index (χ4n) is 1.28. The number of methoxy groups -OCH3 is 1. The first kappa shape index (κ1) is 12.1. The van der Waals surface area contributed by atoms with E-state index >= 15 is 0 Å². The summed E-state index contributed by atoms with van der Waals surface area (Å²) in [4.78, 5) is 15.6. The van der Waals surface area contributed by atoms with Crippen molar-refractivity contribution in [3.8, 4) is 11.4 Å². The molecule has 0 aliphatic heterocycles. The molecule has 88 valence electrons. The van der Waals surface area contributed by atoms with Gasteiger partial charge in [0, 0.05) is 5.56 Å². The van der Waals surface area contributed by atoms with Crippen LogP contribution in [0.4, 0.5) is 0 Å². The quantitative estimate of drug-likeness (QED) is 0.631. The van der Waals surface area contributed by atoms with Gasteiger partial charge in [0.15, 0.2) is 10.2 Å². The van der Waals surface area contributed by atoms with E-state index in [0.717, 1.165) is 9.90 Å². The zero-order valence-corrected chi connectivity index (χ0v) is 11.0. The van der Waals surface area contributed by atoms with Gasteiger partial charge in [-0.3, -0.25) is 0 Å². The average molecular weight is 266 g/mol. The Morgan fingerprint density at radius 3 is 2.59 bits per heavy atom. The van der Waals surface area contributed by atoms with E-state index in [1.165, 1.54) is 18.6 Å². The van der Waals surface area contributed by atoms with Crippen LogP contribution < -0.4 is 0 Å². The molecule has 4 nitrogen and oxygen atoms in total.